The van der Waals surface area contributed by atoms with Crippen molar-refractivity contribution in [2.24, 2.45) is 10.8 Å². The van der Waals surface area contributed by atoms with Gasteiger partial charge in [-0.3, -0.25) is 10.3 Å². The van der Waals surface area contributed by atoms with Gasteiger partial charge in [-0.05, 0) is 47.6 Å². The predicted molar refractivity (Wildman–Crippen MR) is 118 cm³/mol. The molecule has 0 amide bonds. The zero-order valence-corrected chi connectivity index (χ0v) is 16.9. The summed E-state index contributed by atoms with van der Waals surface area (Å²) in [5.41, 5.74) is 11.4. The maximum atomic E-state index is 9.56. The van der Waals surface area contributed by atoms with Crippen molar-refractivity contribution in [1.82, 2.24) is 10.3 Å². The second-order valence-corrected chi connectivity index (χ2v) is 7.39. The number of piperazine rings is 1. The van der Waals surface area contributed by atoms with Crippen molar-refractivity contribution >= 4 is 40.8 Å². The zero-order chi connectivity index (χ0) is 19.9. The minimum absolute atomic E-state index is 0.101. The molecule has 2 aromatic rings. The fourth-order valence-electron chi connectivity index (χ4n) is 3.21. The van der Waals surface area contributed by atoms with E-state index in [4.69, 9.17) is 29.6 Å². The third-order valence-corrected chi connectivity index (χ3v) is 4.86. The summed E-state index contributed by atoms with van der Waals surface area (Å²) in [5.74, 6) is 0. The van der Waals surface area contributed by atoms with Gasteiger partial charge in [-0.1, -0.05) is 29.8 Å². The van der Waals surface area contributed by atoms with Crippen LogP contribution >= 0.6 is 23.8 Å². The van der Waals surface area contributed by atoms with Crippen LogP contribution in [0, 0.1) is 11.3 Å². The monoisotopic (exact) mass is 412 g/mol. The normalized spacial score (nSPS) is 14.8. The molecule has 0 spiro atoms. The molecule has 0 aromatic heterocycles. The molecule has 0 atom stereocenters. The molecule has 2 aromatic carbocycles. The number of hydrogen-bond donors (Lipinski definition) is 2. The first-order valence-electron chi connectivity index (χ1n) is 8.89. The van der Waals surface area contributed by atoms with E-state index < -0.39 is 0 Å². The number of thiocarbonyl (C=S) groups is 1. The van der Waals surface area contributed by atoms with Crippen LogP contribution in [0.1, 0.15) is 16.7 Å². The Morgan fingerprint density at radius 2 is 2.04 bits per heavy atom. The molecule has 144 valence electrons. The molecule has 0 bridgehead atoms. The van der Waals surface area contributed by atoms with Crippen molar-refractivity contribution in [1.29, 1.82) is 5.26 Å². The van der Waals surface area contributed by atoms with Crippen LogP contribution in [0.3, 0.4) is 0 Å². The number of benzene rings is 2. The third kappa shape index (κ3) is 5.42. The summed E-state index contributed by atoms with van der Waals surface area (Å²) in [4.78, 5) is 4.65. The quantitative estimate of drug-likeness (QED) is 0.446. The Bertz CT molecular complexity index is 915. The first kappa shape index (κ1) is 20.1. The zero-order valence-electron chi connectivity index (χ0n) is 15.3. The number of nitrogens with zero attached hydrogens (tertiary/aromatic N) is 4. The van der Waals surface area contributed by atoms with Gasteiger partial charge in [-0.2, -0.15) is 10.4 Å². The highest BCUT2D eigenvalue weighted by molar-refractivity contribution is 7.80. The number of nitrogens with two attached hydrogens (primary N) is 1. The summed E-state index contributed by atoms with van der Waals surface area (Å²) in [7, 11) is 0. The van der Waals surface area contributed by atoms with Gasteiger partial charge in [0.15, 0.2) is 5.11 Å². The number of hydrogen-bond acceptors (Lipinski definition) is 5. The Morgan fingerprint density at radius 3 is 2.71 bits per heavy atom. The van der Waals surface area contributed by atoms with Gasteiger partial charge in [0.05, 0.1) is 17.5 Å². The van der Waals surface area contributed by atoms with Crippen LogP contribution in [0.4, 0.5) is 5.69 Å². The van der Waals surface area contributed by atoms with Gasteiger partial charge in [-0.15, -0.1) is 0 Å². The topological polar surface area (TPSA) is 80.7 Å². The standard InChI is InChI=1S/C20H21ClN6S/c21-18-3-1-2-16(11-18)14-26-6-8-27(9-7-26)19-5-4-15(10-17(19)12-22)13-24-25-20(23)28/h1-5,10-11,13H,6-9,14H2,(H3,23,25,28)/b24-13+. The average Bonchev–Trinajstić information content (AvgIpc) is 2.68. The van der Waals surface area contributed by atoms with E-state index in [2.05, 4.69) is 32.5 Å². The lowest BCUT2D eigenvalue weighted by atomic mass is 10.1. The lowest BCUT2D eigenvalue weighted by Crippen LogP contribution is -2.46. The summed E-state index contributed by atoms with van der Waals surface area (Å²) < 4.78 is 0. The smallest absolute Gasteiger partial charge is 0.184 e. The average molecular weight is 413 g/mol. The van der Waals surface area contributed by atoms with Crippen LogP contribution in [0.25, 0.3) is 0 Å². The van der Waals surface area contributed by atoms with Crippen LogP contribution in [-0.4, -0.2) is 42.4 Å². The predicted octanol–water partition coefficient (Wildman–Crippen LogP) is 2.70. The van der Waals surface area contributed by atoms with Gasteiger partial charge in [-0.25, -0.2) is 0 Å². The minimum Gasteiger partial charge on any atom is -0.375 e. The molecule has 1 fully saturated rings. The number of rotatable bonds is 5. The summed E-state index contributed by atoms with van der Waals surface area (Å²) >= 11 is 10.8. The number of halogens is 1. The molecule has 1 saturated heterocycles. The van der Waals surface area contributed by atoms with Gasteiger partial charge in [0.1, 0.15) is 6.07 Å². The molecule has 6 nitrogen and oxygen atoms in total. The van der Waals surface area contributed by atoms with Crippen molar-refractivity contribution in [3.8, 4) is 6.07 Å². The molecule has 8 heteroatoms. The van der Waals surface area contributed by atoms with E-state index in [9.17, 15) is 5.26 Å². The molecule has 28 heavy (non-hydrogen) atoms. The van der Waals surface area contributed by atoms with E-state index in [1.165, 1.54) is 5.56 Å². The van der Waals surface area contributed by atoms with Gasteiger partial charge in [0, 0.05) is 37.7 Å². The highest BCUT2D eigenvalue weighted by atomic mass is 35.5. The van der Waals surface area contributed by atoms with Crippen LogP contribution < -0.4 is 16.1 Å². The Hall–Kier alpha value is -2.66. The molecule has 0 unspecified atom stereocenters. The SMILES string of the molecule is N#Cc1cc(/C=N/NC(N)=S)ccc1N1CCN(Cc2cccc(Cl)c2)CC1. The lowest BCUT2D eigenvalue weighted by molar-refractivity contribution is 0.250. The van der Waals surface area contributed by atoms with Crippen LogP contribution in [0.2, 0.25) is 5.02 Å². The number of nitrogens with one attached hydrogen (secondary N) is 1. The van der Waals surface area contributed by atoms with E-state index in [1.54, 1.807) is 6.21 Å². The molecular weight excluding hydrogens is 392 g/mol. The second-order valence-electron chi connectivity index (χ2n) is 6.52. The summed E-state index contributed by atoms with van der Waals surface area (Å²) in [5, 5.41) is 14.4. The second kappa shape index (κ2) is 9.51. The van der Waals surface area contributed by atoms with Gasteiger partial charge < -0.3 is 10.6 Å². The highest BCUT2D eigenvalue weighted by Crippen LogP contribution is 2.23. The fourth-order valence-corrected chi connectivity index (χ4v) is 3.48. The van der Waals surface area contributed by atoms with Crippen molar-refractivity contribution in [2.45, 2.75) is 6.54 Å². The Morgan fingerprint density at radius 1 is 1.25 bits per heavy atom. The molecular formula is C20H21ClN6S. The molecule has 1 aliphatic heterocycles. The van der Waals surface area contributed by atoms with Gasteiger partial charge >= 0.3 is 0 Å². The maximum absolute atomic E-state index is 9.56. The van der Waals surface area contributed by atoms with E-state index in [-0.39, 0.29) is 5.11 Å². The molecule has 3 rings (SSSR count). The van der Waals surface area contributed by atoms with Gasteiger partial charge in [0.2, 0.25) is 0 Å². The van der Waals surface area contributed by atoms with Crippen molar-refractivity contribution in [2.75, 3.05) is 31.1 Å². The molecule has 0 aliphatic carbocycles. The lowest BCUT2D eigenvalue weighted by Gasteiger charge is -2.36. The van der Waals surface area contributed by atoms with E-state index >= 15 is 0 Å². The van der Waals surface area contributed by atoms with Crippen molar-refractivity contribution < 1.29 is 0 Å². The fraction of sp³-hybridized carbons (Fsp3) is 0.250. The largest absolute Gasteiger partial charge is 0.375 e. The minimum atomic E-state index is 0.101. The Balaban J connectivity index is 1.62. The van der Waals surface area contributed by atoms with Crippen molar-refractivity contribution in [3.05, 3.63) is 64.2 Å². The number of hydrazone groups is 1. The first-order valence-corrected chi connectivity index (χ1v) is 9.68. The molecule has 0 saturated carbocycles. The molecule has 3 N–H and O–H groups in total. The molecule has 1 aliphatic rings. The Kier molecular flexibility index (Phi) is 6.82. The van der Waals surface area contributed by atoms with E-state index in [0.717, 1.165) is 49.0 Å². The third-order valence-electron chi connectivity index (χ3n) is 4.54. The van der Waals surface area contributed by atoms with E-state index in [1.807, 2.05) is 36.4 Å². The Labute approximate surface area is 175 Å². The summed E-state index contributed by atoms with van der Waals surface area (Å²) in [6, 6.07) is 16.0. The summed E-state index contributed by atoms with van der Waals surface area (Å²) in [6.45, 7) is 4.47. The number of nitriles is 1. The van der Waals surface area contributed by atoms with Crippen LogP contribution in [-0.2, 0) is 6.54 Å². The highest BCUT2D eigenvalue weighted by Gasteiger charge is 2.19. The van der Waals surface area contributed by atoms with Crippen LogP contribution in [0.15, 0.2) is 47.6 Å². The first-order chi connectivity index (χ1) is 13.5. The summed E-state index contributed by atoms with van der Waals surface area (Å²) in [6.07, 6.45) is 1.59. The molecule has 1 heterocycles. The number of anilines is 1. The molecule has 0 radical (unpaired) electrons. The van der Waals surface area contributed by atoms with Gasteiger partial charge in [0.25, 0.3) is 0 Å². The maximum Gasteiger partial charge on any atom is 0.184 e. The van der Waals surface area contributed by atoms with Crippen LogP contribution in [0.5, 0.6) is 0 Å². The van der Waals surface area contributed by atoms with E-state index in [0.29, 0.717) is 5.56 Å². The van der Waals surface area contributed by atoms with Crippen molar-refractivity contribution in [3.63, 3.8) is 0 Å².